The minimum Gasteiger partial charge on any atom is -0.478 e. The maximum absolute atomic E-state index is 10.8. The highest BCUT2D eigenvalue weighted by molar-refractivity contribution is 7.98. The Kier molecular flexibility index (Phi) is 4.92. The molecule has 1 atom stereocenters. The molecule has 1 aromatic heterocycles. The summed E-state index contributed by atoms with van der Waals surface area (Å²) in [6.07, 6.45) is 3.17. The Morgan fingerprint density at radius 1 is 1.61 bits per heavy atom. The number of aryl methyl sites for hydroxylation is 1. The molecule has 0 aromatic carbocycles. The maximum Gasteiger partial charge on any atom is 0.339 e. The lowest BCUT2D eigenvalue weighted by atomic mass is 10.1. The van der Waals surface area contributed by atoms with Crippen molar-refractivity contribution in [3.63, 3.8) is 0 Å². The standard InChI is InChI=1S/C11H17N3O3S/c1-7-8(9(15)16)4-12-10(14-7)13-5-11(2,17)6-18-3/h4,17H,5-6H2,1-3H3,(H,15,16)(H,12,13,14). The largest absolute Gasteiger partial charge is 0.478 e. The number of carbonyl (C=O) groups is 1. The lowest BCUT2D eigenvalue weighted by Crippen LogP contribution is -2.36. The fourth-order valence-electron chi connectivity index (χ4n) is 1.39. The highest BCUT2D eigenvalue weighted by Crippen LogP contribution is 2.12. The second-order valence-corrected chi connectivity index (χ2v) is 5.15. The minimum atomic E-state index is -1.05. The van der Waals surface area contributed by atoms with Crippen LogP contribution < -0.4 is 5.32 Å². The minimum absolute atomic E-state index is 0.0800. The molecule has 0 saturated heterocycles. The second kappa shape index (κ2) is 6.01. The van der Waals surface area contributed by atoms with Gasteiger partial charge in [-0.3, -0.25) is 0 Å². The maximum atomic E-state index is 10.8. The van der Waals surface area contributed by atoms with Gasteiger partial charge in [-0.25, -0.2) is 14.8 Å². The molecule has 3 N–H and O–H groups in total. The van der Waals surface area contributed by atoms with Gasteiger partial charge >= 0.3 is 5.97 Å². The molecular formula is C11H17N3O3S. The molecule has 0 amide bonds. The summed E-state index contributed by atoms with van der Waals surface area (Å²) in [5.74, 6) is -0.140. The van der Waals surface area contributed by atoms with Crippen molar-refractivity contribution in [1.29, 1.82) is 0 Å². The van der Waals surface area contributed by atoms with Crippen molar-refractivity contribution >= 4 is 23.7 Å². The van der Waals surface area contributed by atoms with Crippen LogP contribution in [0, 0.1) is 6.92 Å². The zero-order valence-electron chi connectivity index (χ0n) is 10.6. The number of aliphatic hydroxyl groups is 1. The van der Waals surface area contributed by atoms with E-state index in [1.165, 1.54) is 6.20 Å². The van der Waals surface area contributed by atoms with Crippen molar-refractivity contribution in [1.82, 2.24) is 9.97 Å². The van der Waals surface area contributed by atoms with E-state index in [9.17, 15) is 9.90 Å². The van der Waals surface area contributed by atoms with Crippen LogP contribution in [0.15, 0.2) is 6.20 Å². The summed E-state index contributed by atoms with van der Waals surface area (Å²) in [5.41, 5.74) is -0.386. The van der Waals surface area contributed by atoms with E-state index in [0.29, 0.717) is 23.9 Å². The number of aromatic carboxylic acids is 1. The molecular weight excluding hydrogens is 254 g/mol. The quantitative estimate of drug-likeness (QED) is 0.710. The molecule has 1 unspecified atom stereocenters. The third-order valence-electron chi connectivity index (χ3n) is 2.29. The van der Waals surface area contributed by atoms with E-state index in [-0.39, 0.29) is 5.56 Å². The first-order chi connectivity index (χ1) is 8.35. The van der Waals surface area contributed by atoms with Crippen LogP contribution in [-0.2, 0) is 0 Å². The van der Waals surface area contributed by atoms with Gasteiger partial charge in [0.15, 0.2) is 0 Å². The van der Waals surface area contributed by atoms with Crippen LogP contribution in [-0.4, -0.2) is 50.3 Å². The van der Waals surface area contributed by atoms with Crippen molar-refractivity contribution in [2.24, 2.45) is 0 Å². The highest BCUT2D eigenvalue weighted by atomic mass is 32.2. The first kappa shape index (κ1) is 14.7. The van der Waals surface area contributed by atoms with Gasteiger partial charge in [0, 0.05) is 18.5 Å². The van der Waals surface area contributed by atoms with Gasteiger partial charge in [-0.2, -0.15) is 11.8 Å². The molecule has 7 heteroatoms. The van der Waals surface area contributed by atoms with Crippen LogP contribution >= 0.6 is 11.8 Å². The van der Waals surface area contributed by atoms with Crippen LogP contribution in [0.5, 0.6) is 0 Å². The lowest BCUT2D eigenvalue weighted by molar-refractivity contribution is 0.0694. The molecule has 0 radical (unpaired) electrons. The zero-order valence-corrected chi connectivity index (χ0v) is 11.4. The first-order valence-electron chi connectivity index (χ1n) is 5.38. The van der Waals surface area contributed by atoms with Crippen LogP contribution in [0.2, 0.25) is 0 Å². The van der Waals surface area contributed by atoms with Gasteiger partial charge in [0.05, 0.1) is 16.9 Å². The van der Waals surface area contributed by atoms with Crippen LogP contribution in [0.1, 0.15) is 23.0 Å². The summed E-state index contributed by atoms with van der Waals surface area (Å²) in [6.45, 7) is 3.63. The van der Waals surface area contributed by atoms with Crippen LogP contribution in [0.4, 0.5) is 5.95 Å². The van der Waals surface area contributed by atoms with Gasteiger partial charge in [-0.15, -0.1) is 0 Å². The Morgan fingerprint density at radius 3 is 2.78 bits per heavy atom. The number of nitrogens with one attached hydrogen (secondary N) is 1. The van der Waals surface area contributed by atoms with E-state index < -0.39 is 11.6 Å². The molecule has 0 aliphatic heterocycles. The number of thioether (sulfide) groups is 1. The smallest absolute Gasteiger partial charge is 0.339 e. The lowest BCUT2D eigenvalue weighted by Gasteiger charge is -2.22. The van der Waals surface area contributed by atoms with E-state index in [1.54, 1.807) is 25.6 Å². The van der Waals surface area contributed by atoms with Gasteiger partial charge in [-0.05, 0) is 20.1 Å². The zero-order chi connectivity index (χ0) is 13.8. The second-order valence-electron chi connectivity index (χ2n) is 4.28. The van der Waals surface area contributed by atoms with Gasteiger partial charge in [0.2, 0.25) is 5.95 Å². The molecule has 1 rings (SSSR count). The number of carboxylic acids is 1. The summed E-state index contributed by atoms with van der Waals surface area (Å²) in [7, 11) is 0. The Labute approximate surface area is 110 Å². The molecule has 1 heterocycles. The van der Waals surface area contributed by atoms with Crippen molar-refractivity contribution in [2.45, 2.75) is 19.4 Å². The van der Waals surface area contributed by atoms with Gasteiger partial charge < -0.3 is 15.5 Å². The predicted octanol–water partition coefficient (Wildman–Crippen LogP) is 1.01. The average Bonchev–Trinajstić information content (AvgIpc) is 2.26. The third-order valence-corrected chi connectivity index (χ3v) is 3.20. The molecule has 6 nitrogen and oxygen atoms in total. The van der Waals surface area contributed by atoms with Crippen molar-refractivity contribution in [3.8, 4) is 0 Å². The normalized spacial score (nSPS) is 14.0. The Morgan fingerprint density at radius 2 is 2.28 bits per heavy atom. The topological polar surface area (TPSA) is 95.3 Å². The summed E-state index contributed by atoms with van der Waals surface area (Å²) in [4.78, 5) is 18.7. The molecule has 0 saturated carbocycles. The molecule has 100 valence electrons. The van der Waals surface area contributed by atoms with E-state index in [4.69, 9.17) is 5.11 Å². The number of nitrogens with zero attached hydrogens (tertiary/aromatic N) is 2. The SMILES string of the molecule is CSCC(C)(O)CNc1ncc(C(=O)O)c(C)n1. The van der Waals surface area contributed by atoms with E-state index in [0.717, 1.165) is 0 Å². The monoisotopic (exact) mass is 271 g/mol. The molecule has 0 aliphatic carbocycles. The Bertz CT molecular complexity index is 438. The Hall–Kier alpha value is -1.34. The first-order valence-corrected chi connectivity index (χ1v) is 6.77. The summed E-state index contributed by atoms with van der Waals surface area (Å²) < 4.78 is 0. The summed E-state index contributed by atoms with van der Waals surface area (Å²) in [5, 5.41) is 21.7. The molecule has 18 heavy (non-hydrogen) atoms. The molecule has 0 aliphatic rings. The van der Waals surface area contributed by atoms with E-state index in [2.05, 4.69) is 15.3 Å². The summed E-state index contributed by atoms with van der Waals surface area (Å²) >= 11 is 1.54. The third kappa shape index (κ3) is 4.15. The fraction of sp³-hybridized carbons (Fsp3) is 0.545. The number of hydrogen-bond acceptors (Lipinski definition) is 6. The number of hydrogen-bond donors (Lipinski definition) is 3. The number of rotatable bonds is 6. The fourth-order valence-corrected chi connectivity index (χ4v) is 2.12. The van der Waals surface area contributed by atoms with Crippen molar-refractivity contribution < 1.29 is 15.0 Å². The van der Waals surface area contributed by atoms with Gasteiger partial charge in [0.1, 0.15) is 0 Å². The Balaban J connectivity index is 2.70. The average molecular weight is 271 g/mol. The summed E-state index contributed by atoms with van der Waals surface area (Å²) in [6, 6.07) is 0. The van der Waals surface area contributed by atoms with E-state index in [1.807, 2.05) is 6.26 Å². The van der Waals surface area contributed by atoms with Crippen LogP contribution in [0.3, 0.4) is 0 Å². The number of carboxylic acid groups (broad SMARTS) is 1. The van der Waals surface area contributed by atoms with Gasteiger partial charge in [-0.1, -0.05) is 0 Å². The molecule has 1 aromatic rings. The molecule has 0 fully saturated rings. The molecule has 0 bridgehead atoms. The van der Waals surface area contributed by atoms with Crippen molar-refractivity contribution in [3.05, 3.63) is 17.5 Å². The number of anilines is 1. The van der Waals surface area contributed by atoms with Crippen LogP contribution in [0.25, 0.3) is 0 Å². The molecule has 0 spiro atoms. The van der Waals surface area contributed by atoms with E-state index >= 15 is 0 Å². The predicted molar refractivity (Wildman–Crippen MR) is 71.2 cm³/mol. The van der Waals surface area contributed by atoms with Gasteiger partial charge in [0.25, 0.3) is 0 Å². The van der Waals surface area contributed by atoms with Crippen molar-refractivity contribution in [2.75, 3.05) is 23.9 Å². The highest BCUT2D eigenvalue weighted by Gasteiger charge is 2.20. The number of aromatic nitrogens is 2.